The molecule has 22 heavy (non-hydrogen) atoms. The largest absolute Gasteiger partial charge is 0.338 e. The predicted octanol–water partition coefficient (Wildman–Crippen LogP) is 0.698. The van der Waals surface area contributed by atoms with Crippen LogP contribution in [0.2, 0.25) is 0 Å². The fraction of sp³-hybridized carbons (Fsp3) is 0.400. The minimum Gasteiger partial charge on any atom is -0.338 e. The van der Waals surface area contributed by atoms with Crippen molar-refractivity contribution in [3.05, 3.63) is 42.0 Å². The number of benzene rings is 1. The Morgan fingerprint density at radius 3 is 2.55 bits per heavy atom. The maximum Gasteiger partial charge on any atom is 0.256 e. The van der Waals surface area contributed by atoms with E-state index in [1.165, 1.54) is 23.3 Å². The maximum absolute atomic E-state index is 14.2. The van der Waals surface area contributed by atoms with Gasteiger partial charge in [-0.05, 0) is 24.0 Å². The number of nitrogens with zero attached hydrogens (tertiary/aromatic N) is 4. The summed E-state index contributed by atoms with van der Waals surface area (Å²) in [5.74, 6) is 0.358. The highest BCUT2D eigenvalue weighted by atomic mass is 19.1. The third-order valence-electron chi connectivity index (χ3n) is 4.51. The summed E-state index contributed by atoms with van der Waals surface area (Å²) in [6, 6.07) is 4.50. The molecule has 1 N–H and O–H groups in total. The van der Waals surface area contributed by atoms with Crippen LogP contribution < -0.4 is 5.32 Å². The van der Waals surface area contributed by atoms with Crippen LogP contribution in [0.4, 0.5) is 4.39 Å². The summed E-state index contributed by atoms with van der Waals surface area (Å²) >= 11 is 0. The summed E-state index contributed by atoms with van der Waals surface area (Å²) in [4.78, 5) is 15.8. The maximum atomic E-state index is 14.2. The third-order valence-corrected chi connectivity index (χ3v) is 4.51. The van der Waals surface area contributed by atoms with E-state index >= 15 is 0 Å². The Labute approximate surface area is 126 Å². The van der Waals surface area contributed by atoms with Gasteiger partial charge in [0.15, 0.2) is 5.82 Å². The molecule has 1 amide bonds. The topological polar surface area (TPSA) is 63.1 Å². The van der Waals surface area contributed by atoms with Crippen LogP contribution in [0.25, 0.3) is 5.69 Å². The van der Waals surface area contributed by atoms with Gasteiger partial charge in [0.25, 0.3) is 5.91 Å². The Hall–Kier alpha value is -2.28. The summed E-state index contributed by atoms with van der Waals surface area (Å²) in [5, 5.41) is 11.3. The van der Waals surface area contributed by atoms with Crippen molar-refractivity contribution >= 4 is 5.91 Å². The lowest BCUT2D eigenvalue weighted by Crippen LogP contribution is -2.32. The van der Waals surface area contributed by atoms with Crippen molar-refractivity contribution in [1.29, 1.82) is 0 Å². The van der Waals surface area contributed by atoms with Crippen LogP contribution in [0.15, 0.2) is 30.6 Å². The molecule has 2 atom stereocenters. The molecule has 2 aliphatic heterocycles. The van der Waals surface area contributed by atoms with E-state index in [0.29, 0.717) is 17.4 Å². The highest BCUT2D eigenvalue weighted by Crippen LogP contribution is 2.28. The van der Waals surface area contributed by atoms with E-state index in [1.54, 1.807) is 12.1 Å². The number of carbonyl (C=O) groups is 1. The molecular weight excluding hydrogens is 285 g/mol. The Kier molecular flexibility index (Phi) is 3.15. The van der Waals surface area contributed by atoms with Crippen LogP contribution >= 0.6 is 0 Å². The lowest BCUT2D eigenvalue weighted by atomic mass is 10.0. The van der Waals surface area contributed by atoms with Crippen molar-refractivity contribution in [3.8, 4) is 5.69 Å². The normalized spacial score (nSPS) is 23.8. The molecule has 1 aromatic heterocycles. The van der Waals surface area contributed by atoms with Crippen molar-refractivity contribution in [3.63, 3.8) is 0 Å². The summed E-state index contributed by atoms with van der Waals surface area (Å²) in [6.07, 6.45) is 2.93. The first-order chi connectivity index (χ1) is 10.7. The van der Waals surface area contributed by atoms with E-state index in [2.05, 4.69) is 15.5 Å². The van der Waals surface area contributed by atoms with Gasteiger partial charge in [-0.2, -0.15) is 10.2 Å². The summed E-state index contributed by atoms with van der Waals surface area (Å²) in [7, 11) is 0. The number of amides is 1. The fourth-order valence-corrected chi connectivity index (χ4v) is 3.41. The lowest BCUT2D eigenvalue weighted by molar-refractivity contribution is 0.0781. The van der Waals surface area contributed by atoms with Crippen LogP contribution in [0, 0.1) is 17.7 Å². The Morgan fingerprint density at radius 1 is 1.18 bits per heavy atom. The number of halogens is 1. The first kappa shape index (κ1) is 13.4. The van der Waals surface area contributed by atoms with Crippen LogP contribution in [-0.2, 0) is 0 Å². The molecule has 0 radical (unpaired) electrons. The number of aromatic nitrogens is 3. The first-order valence-electron chi connectivity index (χ1n) is 7.39. The average Bonchev–Trinajstić information content (AvgIpc) is 3.22. The molecule has 4 rings (SSSR count). The van der Waals surface area contributed by atoms with Crippen molar-refractivity contribution in [1.82, 2.24) is 25.2 Å². The monoisotopic (exact) mass is 301 g/mol. The van der Waals surface area contributed by atoms with Crippen molar-refractivity contribution in [2.45, 2.75) is 0 Å². The van der Waals surface area contributed by atoms with Gasteiger partial charge in [-0.3, -0.25) is 4.79 Å². The average molecular weight is 301 g/mol. The number of likely N-dealkylation sites (tertiary alicyclic amines) is 1. The van der Waals surface area contributed by atoms with E-state index in [-0.39, 0.29) is 11.6 Å². The summed E-state index contributed by atoms with van der Waals surface area (Å²) in [6.45, 7) is 3.34. The molecule has 2 aliphatic rings. The van der Waals surface area contributed by atoms with Gasteiger partial charge in [0, 0.05) is 26.2 Å². The van der Waals surface area contributed by atoms with Crippen molar-refractivity contribution in [2.75, 3.05) is 26.2 Å². The third kappa shape index (κ3) is 2.09. The van der Waals surface area contributed by atoms with Gasteiger partial charge in [0.2, 0.25) is 0 Å². The number of rotatable bonds is 2. The molecule has 2 aromatic rings. The van der Waals surface area contributed by atoms with E-state index in [1.807, 2.05) is 4.90 Å². The van der Waals surface area contributed by atoms with Crippen LogP contribution in [0.1, 0.15) is 10.4 Å². The van der Waals surface area contributed by atoms with E-state index in [4.69, 9.17) is 0 Å². The minimum absolute atomic E-state index is 0.118. The summed E-state index contributed by atoms with van der Waals surface area (Å²) < 4.78 is 14.2. The minimum atomic E-state index is -0.497. The molecule has 114 valence electrons. The number of fused-ring (bicyclic) bond motifs is 1. The standard InChI is InChI=1S/C15H16FN5O/c16-13-3-1-2-12(14(13)21-18-4-5-19-21)15(22)20-8-10-6-17-7-11(10)9-20/h1-5,10-11,17H,6-9H2/t10-,11+. The Bertz CT molecular complexity index is 690. The fourth-order valence-electron chi connectivity index (χ4n) is 3.41. The van der Waals surface area contributed by atoms with Gasteiger partial charge in [-0.15, -0.1) is 4.80 Å². The summed E-state index contributed by atoms with van der Waals surface area (Å²) in [5.41, 5.74) is 0.428. The number of carbonyl (C=O) groups excluding carboxylic acids is 1. The molecule has 3 heterocycles. The predicted molar refractivity (Wildman–Crippen MR) is 77.1 cm³/mol. The second-order valence-corrected chi connectivity index (χ2v) is 5.84. The van der Waals surface area contributed by atoms with Crippen molar-refractivity contribution in [2.24, 2.45) is 11.8 Å². The SMILES string of the molecule is O=C(c1cccc(F)c1-n1nccn1)N1C[C@H]2CNC[C@H]2C1. The van der Waals surface area contributed by atoms with Gasteiger partial charge >= 0.3 is 0 Å². The molecule has 7 heteroatoms. The smallest absolute Gasteiger partial charge is 0.256 e. The molecule has 0 saturated carbocycles. The van der Waals surface area contributed by atoms with Crippen LogP contribution in [0.3, 0.4) is 0 Å². The molecule has 2 fully saturated rings. The molecule has 0 spiro atoms. The zero-order chi connectivity index (χ0) is 15.1. The Morgan fingerprint density at radius 2 is 1.86 bits per heavy atom. The second-order valence-electron chi connectivity index (χ2n) is 5.84. The molecular formula is C15H16FN5O. The second kappa shape index (κ2) is 5.17. The number of hydrogen-bond donors (Lipinski definition) is 1. The Balaban J connectivity index is 1.68. The number of hydrogen-bond acceptors (Lipinski definition) is 4. The van der Waals surface area contributed by atoms with E-state index < -0.39 is 5.82 Å². The molecule has 1 aromatic carbocycles. The van der Waals surface area contributed by atoms with Gasteiger partial charge in [-0.1, -0.05) is 6.07 Å². The zero-order valence-electron chi connectivity index (χ0n) is 11.9. The van der Waals surface area contributed by atoms with E-state index in [0.717, 1.165) is 26.2 Å². The van der Waals surface area contributed by atoms with Crippen LogP contribution in [-0.4, -0.2) is 52.0 Å². The number of para-hydroxylation sites is 1. The quantitative estimate of drug-likeness (QED) is 0.887. The zero-order valence-corrected chi connectivity index (χ0v) is 11.9. The molecule has 0 bridgehead atoms. The van der Waals surface area contributed by atoms with Gasteiger partial charge in [0.1, 0.15) is 5.69 Å². The molecule has 0 unspecified atom stereocenters. The lowest BCUT2D eigenvalue weighted by Gasteiger charge is -2.19. The number of nitrogens with one attached hydrogen (secondary N) is 1. The first-order valence-corrected chi connectivity index (χ1v) is 7.39. The molecule has 2 saturated heterocycles. The highest BCUT2D eigenvalue weighted by Gasteiger charge is 2.39. The molecule has 6 nitrogen and oxygen atoms in total. The van der Waals surface area contributed by atoms with Gasteiger partial charge in [0.05, 0.1) is 18.0 Å². The van der Waals surface area contributed by atoms with Crippen LogP contribution in [0.5, 0.6) is 0 Å². The molecule has 0 aliphatic carbocycles. The highest BCUT2D eigenvalue weighted by molar-refractivity contribution is 5.98. The van der Waals surface area contributed by atoms with Crippen molar-refractivity contribution < 1.29 is 9.18 Å². The van der Waals surface area contributed by atoms with E-state index in [9.17, 15) is 9.18 Å². The van der Waals surface area contributed by atoms with Gasteiger partial charge < -0.3 is 10.2 Å². The van der Waals surface area contributed by atoms with Gasteiger partial charge in [-0.25, -0.2) is 4.39 Å².